The van der Waals surface area contributed by atoms with Crippen LogP contribution in [0.2, 0.25) is 0 Å². The minimum atomic E-state index is -0.330. The molecule has 0 aromatic heterocycles. The van der Waals surface area contributed by atoms with E-state index in [4.69, 9.17) is 11.1 Å². The number of amidine groups is 1. The molecule has 4 heteroatoms. The monoisotopic (exact) mass is 349 g/mol. The van der Waals surface area contributed by atoms with Gasteiger partial charge in [-0.25, -0.2) is 0 Å². The molecule has 0 unspecified atom stereocenters. The highest BCUT2D eigenvalue weighted by Crippen LogP contribution is 2.20. The Hall–Kier alpha value is -3.40. The summed E-state index contributed by atoms with van der Waals surface area (Å²) in [5, 5.41) is 10.1. The third-order valence-corrected chi connectivity index (χ3v) is 3.13. The number of anilines is 1. The molecule has 0 fully saturated rings. The standard InChI is InChI=1S/C20H21N3O.C2H6/c1-5-7-9-14(3)15(4)18(8-6-2)20(24)23-17-12-10-16(11-13-17)19(21)22;1-2/h5-13H,1-4H2,(H3,21,22)(H,23,24);1-2H3/b9-7-,18-8+;. The summed E-state index contributed by atoms with van der Waals surface area (Å²) >= 11 is 0. The number of carbonyl (C=O) groups excluding carboxylic acids is 1. The zero-order valence-corrected chi connectivity index (χ0v) is 15.5. The van der Waals surface area contributed by atoms with Crippen LogP contribution in [0, 0.1) is 5.41 Å². The van der Waals surface area contributed by atoms with E-state index in [0.29, 0.717) is 28.0 Å². The van der Waals surface area contributed by atoms with Crippen molar-refractivity contribution in [3.63, 3.8) is 0 Å². The number of hydrogen-bond donors (Lipinski definition) is 3. The fraction of sp³-hybridized carbons (Fsp3) is 0.0909. The van der Waals surface area contributed by atoms with E-state index < -0.39 is 0 Å². The number of benzene rings is 1. The summed E-state index contributed by atoms with van der Waals surface area (Å²) in [6.07, 6.45) is 8.16. The molecule has 0 radical (unpaired) electrons. The Morgan fingerprint density at radius 1 is 1.12 bits per heavy atom. The number of carbonyl (C=O) groups is 1. The first kappa shape index (κ1) is 22.6. The van der Waals surface area contributed by atoms with E-state index in [1.807, 2.05) is 13.8 Å². The highest BCUT2D eigenvalue weighted by atomic mass is 16.1. The lowest BCUT2D eigenvalue weighted by atomic mass is 9.99. The predicted octanol–water partition coefficient (Wildman–Crippen LogP) is 4.90. The first-order valence-electron chi connectivity index (χ1n) is 8.17. The molecular weight excluding hydrogens is 322 g/mol. The number of rotatable bonds is 8. The van der Waals surface area contributed by atoms with E-state index in [0.717, 1.165) is 0 Å². The van der Waals surface area contributed by atoms with Crippen LogP contribution < -0.4 is 11.1 Å². The number of hydrogen-bond acceptors (Lipinski definition) is 2. The van der Waals surface area contributed by atoms with Gasteiger partial charge in [-0.15, -0.1) is 0 Å². The molecule has 1 aromatic carbocycles. The smallest absolute Gasteiger partial charge is 0.256 e. The molecule has 136 valence electrons. The fourth-order valence-corrected chi connectivity index (χ4v) is 1.82. The van der Waals surface area contributed by atoms with Gasteiger partial charge in [-0.05, 0) is 41.5 Å². The maximum atomic E-state index is 12.5. The van der Waals surface area contributed by atoms with Gasteiger partial charge in [0.05, 0.1) is 0 Å². The fourth-order valence-electron chi connectivity index (χ4n) is 1.82. The van der Waals surface area contributed by atoms with Crippen LogP contribution in [0.3, 0.4) is 0 Å². The Balaban J connectivity index is 0.00000301. The summed E-state index contributed by atoms with van der Waals surface area (Å²) in [6.45, 7) is 19.0. The summed E-state index contributed by atoms with van der Waals surface area (Å²) < 4.78 is 0. The summed E-state index contributed by atoms with van der Waals surface area (Å²) in [6, 6.07) is 6.68. The molecule has 0 aliphatic heterocycles. The van der Waals surface area contributed by atoms with Gasteiger partial charge in [-0.2, -0.15) is 0 Å². The van der Waals surface area contributed by atoms with Gasteiger partial charge in [0.15, 0.2) is 0 Å². The van der Waals surface area contributed by atoms with Crippen molar-refractivity contribution in [3.8, 4) is 0 Å². The van der Waals surface area contributed by atoms with Gasteiger partial charge in [0.25, 0.3) is 5.91 Å². The zero-order valence-electron chi connectivity index (χ0n) is 15.5. The van der Waals surface area contributed by atoms with E-state index in [1.165, 1.54) is 6.08 Å². The van der Waals surface area contributed by atoms with E-state index in [9.17, 15) is 4.79 Å². The Bertz CT molecular complexity index is 750. The van der Waals surface area contributed by atoms with Crippen molar-refractivity contribution in [2.24, 2.45) is 5.73 Å². The molecule has 4 nitrogen and oxygen atoms in total. The quantitative estimate of drug-likeness (QED) is 0.270. The van der Waals surface area contributed by atoms with Crippen molar-refractivity contribution in [1.29, 1.82) is 5.41 Å². The Labute approximate surface area is 156 Å². The van der Waals surface area contributed by atoms with Crippen molar-refractivity contribution in [2.75, 3.05) is 5.32 Å². The molecule has 0 aliphatic rings. The molecule has 4 N–H and O–H groups in total. The summed E-state index contributed by atoms with van der Waals surface area (Å²) in [5.41, 5.74) is 8.03. The van der Waals surface area contributed by atoms with Gasteiger partial charge in [0.2, 0.25) is 0 Å². The normalized spacial score (nSPS) is 10.3. The number of nitrogens with one attached hydrogen (secondary N) is 2. The lowest BCUT2D eigenvalue weighted by Crippen LogP contribution is -2.16. The second-order valence-electron chi connectivity index (χ2n) is 4.86. The molecule has 0 saturated heterocycles. The molecule has 1 amide bonds. The van der Waals surface area contributed by atoms with Gasteiger partial charge >= 0.3 is 0 Å². The third kappa shape index (κ3) is 7.01. The molecule has 0 heterocycles. The van der Waals surface area contributed by atoms with Crippen LogP contribution in [0.4, 0.5) is 5.69 Å². The molecule has 0 saturated carbocycles. The molecule has 0 aliphatic carbocycles. The van der Waals surface area contributed by atoms with Gasteiger partial charge in [-0.1, -0.05) is 64.5 Å². The van der Waals surface area contributed by atoms with E-state index in [1.54, 1.807) is 48.6 Å². The maximum Gasteiger partial charge on any atom is 0.256 e. The molecule has 0 atom stereocenters. The minimum absolute atomic E-state index is 0.0289. The van der Waals surface area contributed by atoms with Gasteiger partial charge in [-0.3, -0.25) is 10.2 Å². The average Bonchev–Trinajstić information content (AvgIpc) is 2.65. The Morgan fingerprint density at radius 3 is 2.15 bits per heavy atom. The molecule has 0 bridgehead atoms. The van der Waals surface area contributed by atoms with E-state index in [-0.39, 0.29) is 11.7 Å². The van der Waals surface area contributed by atoms with Crippen LogP contribution in [-0.4, -0.2) is 11.7 Å². The van der Waals surface area contributed by atoms with Crippen molar-refractivity contribution in [1.82, 2.24) is 0 Å². The van der Waals surface area contributed by atoms with Crippen LogP contribution in [-0.2, 0) is 4.79 Å². The SMILES string of the molecule is C=C/C=C\C(=C)C(=C)/C(=C\C=C)C(=O)Nc1ccc(C(=N)N)cc1.CC. The molecular formula is C22H27N3O. The Morgan fingerprint density at radius 2 is 1.69 bits per heavy atom. The number of amides is 1. The number of nitrogens with two attached hydrogens (primary N) is 1. The summed E-state index contributed by atoms with van der Waals surface area (Å²) in [5.74, 6) is -0.359. The van der Waals surface area contributed by atoms with Crippen LogP contribution >= 0.6 is 0 Å². The van der Waals surface area contributed by atoms with Crippen LogP contribution in [0.15, 0.2) is 97.7 Å². The first-order valence-corrected chi connectivity index (χ1v) is 8.17. The second-order valence-corrected chi connectivity index (χ2v) is 4.86. The van der Waals surface area contributed by atoms with Crippen molar-refractivity contribution in [2.45, 2.75) is 13.8 Å². The number of nitrogen functional groups attached to an aromatic ring is 1. The van der Waals surface area contributed by atoms with Crippen molar-refractivity contribution in [3.05, 3.63) is 103 Å². The van der Waals surface area contributed by atoms with Crippen molar-refractivity contribution < 1.29 is 4.79 Å². The lowest BCUT2D eigenvalue weighted by Gasteiger charge is -2.12. The highest BCUT2D eigenvalue weighted by molar-refractivity contribution is 6.08. The summed E-state index contributed by atoms with van der Waals surface area (Å²) in [7, 11) is 0. The largest absolute Gasteiger partial charge is 0.384 e. The van der Waals surface area contributed by atoms with Crippen molar-refractivity contribution >= 4 is 17.4 Å². The van der Waals surface area contributed by atoms with Crippen LogP contribution in [0.25, 0.3) is 0 Å². The Kier molecular flexibility index (Phi) is 10.5. The molecule has 0 spiro atoms. The predicted molar refractivity (Wildman–Crippen MR) is 113 cm³/mol. The van der Waals surface area contributed by atoms with E-state index >= 15 is 0 Å². The summed E-state index contributed by atoms with van der Waals surface area (Å²) in [4.78, 5) is 12.5. The van der Waals surface area contributed by atoms with Crippen LogP contribution in [0.1, 0.15) is 19.4 Å². The molecule has 1 rings (SSSR count). The van der Waals surface area contributed by atoms with Gasteiger partial charge in [0.1, 0.15) is 5.84 Å². The topological polar surface area (TPSA) is 79.0 Å². The van der Waals surface area contributed by atoms with Crippen LogP contribution in [0.5, 0.6) is 0 Å². The maximum absolute atomic E-state index is 12.5. The molecule has 1 aromatic rings. The zero-order chi connectivity index (χ0) is 20.1. The minimum Gasteiger partial charge on any atom is -0.384 e. The lowest BCUT2D eigenvalue weighted by molar-refractivity contribution is -0.112. The van der Waals surface area contributed by atoms with Gasteiger partial charge < -0.3 is 11.1 Å². The molecule has 26 heavy (non-hydrogen) atoms. The van der Waals surface area contributed by atoms with E-state index in [2.05, 4.69) is 31.6 Å². The highest BCUT2D eigenvalue weighted by Gasteiger charge is 2.14. The first-order chi connectivity index (χ1) is 12.4. The second kappa shape index (κ2) is 12.0. The van der Waals surface area contributed by atoms with Gasteiger partial charge in [0, 0.05) is 16.8 Å². The average molecular weight is 349 g/mol. The third-order valence-electron chi connectivity index (χ3n) is 3.13. The number of allylic oxidation sites excluding steroid dienone is 6.